The molecule has 0 saturated carbocycles. The van der Waals surface area contributed by atoms with E-state index < -0.39 is 5.56 Å². The van der Waals surface area contributed by atoms with Crippen molar-refractivity contribution in [2.45, 2.75) is 13.1 Å². The number of nitrogens with zero attached hydrogens (tertiary/aromatic N) is 3. The van der Waals surface area contributed by atoms with Crippen LogP contribution in [-0.4, -0.2) is 66.0 Å². The average molecular weight is 387 g/mol. The molecule has 2 aromatic rings. The van der Waals surface area contributed by atoms with Crippen molar-refractivity contribution < 1.29 is 19.4 Å². The van der Waals surface area contributed by atoms with Crippen LogP contribution in [0.15, 0.2) is 41.3 Å². The van der Waals surface area contributed by atoms with Crippen LogP contribution in [0.4, 0.5) is 4.79 Å². The maximum Gasteiger partial charge on any atom is 0.409 e. The third-order valence-electron chi connectivity index (χ3n) is 4.96. The Labute approximate surface area is 163 Å². The Morgan fingerprint density at radius 2 is 1.75 bits per heavy atom. The van der Waals surface area contributed by atoms with Crippen LogP contribution in [0.25, 0.3) is 0 Å². The summed E-state index contributed by atoms with van der Waals surface area (Å²) in [6.45, 7) is 3.17. The largest absolute Gasteiger partial charge is 0.503 e. The molecule has 0 unspecified atom stereocenters. The van der Waals surface area contributed by atoms with Gasteiger partial charge in [0.2, 0.25) is 0 Å². The zero-order valence-corrected chi connectivity index (χ0v) is 16.1. The van der Waals surface area contributed by atoms with E-state index in [1.165, 1.54) is 11.7 Å². The van der Waals surface area contributed by atoms with Gasteiger partial charge in [-0.2, -0.15) is 0 Å². The Morgan fingerprint density at radius 1 is 1.04 bits per heavy atom. The maximum absolute atomic E-state index is 12.6. The number of para-hydroxylation sites is 1. The number of ether oxygens (including phenoxy) is 2. The van der Waals surface area contributed by atoms with Crippen LogP contribution < -0.4 is 10.3 Å². The van der Waals surface area contributed by atoms with E-state index >= 15 is 0 Å². The summed E-state index contributed by atoms with van der Waals surface area (Å²) in [4.78, 5) is 27.9. The highest BCUT2D eigenvalue weighted by atomic mass is 16.5. The molecule has 8 nitrogen and oxygen atoms in total. The van der Waals surface area contributed by atoms with E-state index in [9.17, 15) is 14.7 Å². The first kappa shape index (κ1) is 19.8. The second-order valence-corrected chi connectivity index (χ2v) is 6.67. The fourth-order valence-electron chi connectivity index (χ4n) is 3.33. The monoisotopic (exact) mass is 387 g/mol. The van der Waals surface area contributed by atoms with E-state index in [1.54, 1.807) is 24.3 Å². The lowest BCUT2D eigenvalue weighted by molar-refractivity contribution is 0.0885. The zero-order valence-electron chi connectivity index (χ0n) is 16.1. The van der Waals surface area contributed by atoms with Gasteiger partial charge < -0.3 is 24.0 Å². The first-order valence-electron chi connectivity index (χ1n) is 9.12. The standard InChI is InChI=1S/C20H25N3O5/c1-27-17-6-4-3-5-15(17)14-23-8-7-16(18(24)19(23)25)13-21-9-11-22(12-10-21)20(26)28-2/h3-8,24H,9-14H2,1-2H3. The Kier molecular flexibility index (Phi) is 6.20. The van der Waals surface area contributed by atoms with Crippen LogP contribution in [-0.2, 0) is 17.8 Å². The summed E-state index contributed by atoms with van der Waals surface area (Å²) >= 11 is 0. The number of benzene rings is 1. The van der Waals surface area contributed by atoms with Gasteiger partial charge in [0.1, 0.15) is 5.75 Å². The highest BCUT2D eigenvalue weighted by molar-refractivity contribution is 5.67. The summed E-state index contributed by atoms with van der Waals surface area (Å²) in [7, 11) is 2.95. The highest BCUT2D eigenvalue weighted by Gasteiger charge is 2.22. The fourth-order valence-corrected chi connectivity index (χ4v) is 3.33. The molecule has 3 rings (SSSR count). The number of pyridine rings is 1. The fraction of sp³-hybridized carbons (Fsp3) is 0.400. The molecule has 1 fully saturated rings. The number of aromatic hydroxyl groups is 1. The van der Waals surface area contributed by atoms with Gasteiger partial charge in [0, 0.05) is 50.0 Å². The molecule has 1 N–H and O–H groups in total. The Morgan fingerprint density at radius 3 is 2.43 bits per heavy atom. The molecule has 0 bridgehead atoms. The second-order valence-electron chi connectivity index (χ2n) is 6.67. The van der Waals surface area contributed by atoms with Gasteiger partial charge in [-0.15, -0.1) is 0 Å². The van der Waals surface area contributed by atoms with Gasteiger partial charge in [-0.05, 0) is 12.1 Å². The molecule has 1 saturated heterocycles. The zero-order chi connectivity index (χ0) is 20.1. The lowest BCUT2D eigenvalue weighted by Crippen LogP contribution is -2.48. The van der Waals surface area contributed by atoms with Crippen molar-refractivity contribution in [3.05, 3.63) is 58.0 Å². The van der Waals surface area contributed by atoms with Crippen LogP contribution >= 0.6 is 0 Å². The Bertz CT molecular complexity index is 888. The SMILES string of the molecule is COC(=O)N1CCN(Cc2ccn(Cc3ccccc3OC)c(=O)c2O)CC1. The van der Waals surface area contributed by atoms with Crippen LogP contribution in [0.5, 0.6) is 11.5 Å². The van der Waals surface area contributed by atoms with Crippen molar-refractivity contribution in [2.24, 2.45) is 0 Å². The summed E-state index contributed by atoms with van der Waals surface area (Å²) in [5, 5.41) is 10.4. The number of carbonyl (C=O) groups is 1. The summed E-state index contributed by atoms with van der Waals surface area (Å²) in [6, 6.07) is 9.23. The summed E-state index contributed by atoms with van der Waals surface area (Å²) in [5.41, 5.74) is 1.00. The van der Waals surface area contributed by atoms with Gasteiger partial charge in [0.05, 0.1) is 20.8 Å². The molecule has 1 aromatic carbocycles. The van der Waals surface area contributed by atoms with Crippen molar-refractivity contribution >= 4 is 6.09 Å². The minimum atomic E-state index is -0.434. The lowest BCUT2D eigenvalue weighted by atomic mass is 10.1. The molecule has 150 valence electrons. The molecular formula is C20H25N3O5. The molecule has 1 aliphatic heterocycles. The number of hydrogen-bond acceptors (Lipinski definition) is 6. The predicted octanol–water partition coefficient (Wildman–Crippen LogP) is 1.49. The van der Waals surface area contributed by atoms with E-state index in [0.29, 0.717) is 50.6 Å². The molecule has 0 radical (unpaired) electrons. The Hall–Kier alpha value is -3.00. The molecule has 1 aromatic heterocycles. The van der Waals surface area contributed by atoms with E-state index in [-0.39, 0.29) is 11.8 Å². The van der Waals surface area contributed by atoms with Crippen LogP contribution in [0.1, 0.15) is 11.1 Å². The molecule has 0 atom stereocenters. The number of hydrogen-bond donors (Lipinski definition) is 1. The molecular weight excluding hydrogens is 362 g/mol. The maximum atomic E-state index is 12.6. The third-order valence-corrected chi connectivity index (χ3v) is 4.96. The predicted molar refractivity (Wildman–Crippen MR) is 104 cm³/mol. The van der Waals surface area contributed by atoms with E-state index in [1.807, 2.05) is 24.3 Å². The van der Waals surface area contributed by atoms with Crippen LogP contribution in [0.3, 0.4) is 0 Å². The number of piperazine rings is 1. The molecule has 0 aliphatic carbocycles. The number of aromatic nitrogens is 1. The lowest BCUT2D eigenvalue weighted by Gasteiger charge is -2.33. The topological polar surface area (TPSA) is 84.2 Å². The van der Waals surface area contributed by atoms with Gasteiger partial charge in [0.15, 0.2) is 5.75 Å². The highest BCUT2D eigenvalue weighted by Crippen LogP contribution is 2.20. The molecule has 8 heteroatoms. The van der Waals surface area contributed by atoms with Gasteiger partial charge in [0.25, 0.3) is 5.56 Å². The van der Waals surface area contributed by atoms with Gasteiger partial charge in [-0.1, -0.05) is 18.2 Å². The van der Waals surface area contributed by atoms with Crippen molar-refractivity contribution in [1.29, 1.82) is 0 Å². The summed E-state index contributed by atoms with van der Waals surface area (Å²) in [6.07, 6.45) is 1.36. The second kappa shape index (κ2) is 8.79. The van der Waals surface area contributed by atoms with E-state index in [4.69, 9.17) is 9.47 Å². The first-order valence-corrected chi connectivity index (χ1v) is 9.12. The smallest absolute Gasteiger partial charge is 0.409 e. The number of carbonyl (C=O) groups excluding carboxylic acids is 1. The van der Waals surface area contributed by atoms with Gasteiger partial charge in [-0.25, -0.2) is 4.79 Å². The van der Waals surface area contributed by atoms with E-state index in [2.05, 4.69) is 4.90 Å². The van der Waals surface area contributed by atoms with Crippen LogP contribution in [0.2, 0.25) is 0 Å². The summed E-state index contributed by atoms with van der Waals surface area (Å²) < 4.78 is 11.5. The third kappa shape index (κ3) is 4.28. The normalized spacial score (nSPS) is 14.7. The van der Waals surface area contributed by atoms with Crippen molar-refractivity contribution in [1.82, 2.24) is 14.4 Å². The first-order chi connectivity index (χ1) is 13.5. The molecule has 2 heterocycles. The summed E-state index contributed by atoms with van der Waals surface area (Å²) in [5.74, 6) is 0.453. The number of rotatable bonds is 5. The van der Waals surface area contributed by atoms with Crippen molar-refractivity contribution in [2.75, 3.05) is 40.4 Å². The minimum absolute atomic E-state index is 0.243. The molecule has 1 aliphatic rings. The van der Waals surface area contributed by atoms with Gasteiger partial charge >= 0.3 is 6.09 Å². The van der Waals surface area contributed by atoms with Crippen molar-refractivity contribution in [3.8, 4) is 11.5 Å². The molecule has 1 amide bonds. The quantitative estimate of drug-likeness (QED) is 0.837. The van der Waals surface area contributed by atoms with Crippen LogP contribution in [0, 0.1) is 0 Å². The van der Waals surface area contributed by atoms with E-state index in [0.717, 1.165) is 5.56 Å². The minimum Gasteiger partial charge on any atom is -0.503 e. The average Bonchev–Trinajstić information content (AvgIpc) is 2.73. The van der Waals surface area contributed by atoms with Gasteiger partial charge in [-0.3, -0.25) is 9.69 Å². The number of methoxy groups -OCH3 is 2. The number of amides is 1. The molecule has 0 spiro atoms. The molecule has 28 heavy (non-hydrogen) atoms. The van der Waals surface area contributed by atoms with Crippen molar-refractivity contribution in [3.63, 3.8) is 0 Å². The Balaban J connectivity index is 1.69.